The van der Waals surface area contributed by atoms with E-state index in [1.807, 2.05) is 31.2 Å². The Kier molecular flexibility index (Phi) is 9.24. The number of hydrogen-bond donors (Lipinski definition) is 2. The minimum Gasteiger partial charge on any atom is -0.494 e. The normalized spacial score (nSPS) is 24.0. The van der Waals surface area contributed by atoms with Crippen LogP contribution < -0.4 is 15.4 Å². The number of esters is 1. The van der Waals surface area contributed by atoms with Crippen LogP contribution in [-0.4, -0.2) is 44.2 Å². The van der Waals surface area contributed by atoms with Gasteiger partial charge in [-0.05, 0) is 56.2 Å². The van der Waals surface area contributed by atoms with Gasteiger partial charge in [-0.15, -0.1) is 12.4 Å². The van der Waals surface area contributed by atoms with Crippen LogP contribution in [0.25, 0.3) is 0 Å². The van der Waals surface area contributed by atoms with Gasteiger partial charge in [-0.3, -0.25) is 9.59 Å². The lowest BCUT2D eigenvalue weighted by Gasteiger charge is -2.24. The molecule has 1 aromatic rings. The van der Waals surface area contributed by atoms with E-state index in [0.717, 1.165) is 24.2 Å². The van der Waals surface area contributed by atoms with E-state index in [4.69, 9.17) is 9.47 Å². The number of ether oxygens (including phenoxy) is 2. The molecular weight excluding hydrogens is 392 g/mol. The predicted octanol–water partition coefficient (Wildman–Crippen LogP) is 2.88. The summed E-state index contributed by atoms with van der Waals surface area (Å²) in [6.07, 6.45) is 6.31. The molecule has 0 bridgehead atoms. The van der Waals surface area contributed by atoms with Gasteiger partial charge in [0.05, 0.1) is 25.7 Å². The third-order valence-corrected chi connectivity index (χ3v) is 5.95. The highest BCUT2D eigenvalue weighted by Gasteiger charge is 2.38. The fraction of sp³-hybridized carbons (Fsp3) is 0.636. The van der Waals surface area contributed by atoms with Crippen molar-refractivity contribution in [3.05, 3.63) is 29.8 Å². The van der Waals surface area contributed by atoms with Gasteiger partial charge in [0.2, 0.25) is 5.91 Å². The second-order valence-electron chi connectivity index (χ2n) is 7.85. The molecule has 1 aliphatic heterocycles. The molecule has 4 atom stereocenters. The Labute approximate surface area is 179 Å². The standard InChI is InChI=1S/C22H32N2O4.ClH/c1-3-28-18-10-8-15(9-11-18)12-17(22(26)27-2)14-23-21(25)20-13-16-6-4-5-7-19(16)24-20;/h8-11,16-17,19-20,24H,3-7,12-14H2,1-2H3,(H,23,25);1H. The Hall–Kier alpha value is -1.79. The lowest BCUT2D eigenvalue weighted by atomic mass is 9.85. The number of carbonyl (C=O) groups excluding carboxylic acids is 2. The van der Waals surface area contributed by atoms with Crippen molar-refractivity contribution in [1.82, 2.24) is 10.6 Å². The Balaban J connectivity index is 0.00000300. The van der Waals surface area contributed by atoms with Gasteiger partial charge in [0, 0.05) is 12.6 Å². The van der Waals surface area contributed by atoms with Crippen LogP contribution in [0.4, 0.5) is 0 Å². The zero-order valence-electron chi connectivity index (χ0n) is 17.3. The SMILES string of the molecule is CCOc1ccc(CC(CNC(=O)C2CC3CCCCC3N2)C(=O)OC)cc1.Cl. The number of fused-ring (bicyclic) bond motifs is 1. The van der Waals surface area contributed by atoms with Crippen LogP contribution in [0.5, 0.6) is 5.75 Å². The summed E-state index contributed by atoms with van der Waals surface area (Å²) in [6.45, 7) is 2.84. The molecule has 0 radical (unpaired) electrons. The third kappa shape index (κ3) is 6.34. The number of methoxy groups -OCH3 is 1. The number of amides is 1. The summed E-state index contributed by atoms with van der Waals surface area (Å²) < 4.78 is 10.4. The summed E-state index contributed by atoms with van der Waals surface area (Å²) in [5, 5.41) is 6.46. The van der Waals surface area contributed by atoms with Crippen molar-refractivity contribution in [3.8, 4) is 5.75 Å². The van der Waals surface area contributed by atoms with Gasteiger partial charge in [-0.25, -0.2) is 0 Å². The van der Waals surface area contributed by atoms with E-state index in [2.05, 4.69) is 10.6 Å². The van der Waals surface area contributed by atoms with Crippen molar-refractivity contribution in [2.24, 2.45) is 11.8 Å². The Morgan fingerprint density at radius 1 is 1.21 bits per heavy atom. The Morgan fingerprint density at radius 3 is 2.59 bits per heavy atom. The second-order valence-corrected chi connectivity index (χ2v) is 7.85. The zero-order valence-corrected chi connectivity index (χ0v) is 18.1. The highest BCUT2D eigenvalue weighted by atomic mass is 35.5. The molecule has 29 heavy (non-hydrogen) atoms. The fourth-order valence-electron chi connectivity index (χ4n) is 4.45. The molecule has 2 N–H and O–H groups in total. The zero-order chi connectivity index (χ0) is 19.9. The molecule has 6 nitrogen and oxygen atoms in total. The topological polar surface area (TPSA) is 76.7 Å². The first-order valence-corrected chi connectivity index (χ1v) is 10.4. The van der Waals surface area contributed by atoms with Gasteiger partial charge in [-0.2, -0.15) is 0 Å². The molecule has 1 amide bonds. The van der Waals surface area contributed by atoms with E-state index in [0.29, 0.717) is 25.0 Å². The summed E-state index contributed by atoms with van der Waals surface area (Å²) in [6, 6.07) is 8.03. The molecule has 7 heteroatoms. The number of rotatable bonds is 8. The summed E-state index contributed by atoms with van der Waals surface area (Å²) in [5.74, 6) is 0.709. The summed E-state index contributed by atoms with van der Waals surface area (Å²) >= 11 is 0. The molecule has 0 spiro atoms. The van der Waals surface area contributed by atoms with Crippen LogP contribution in [0.15, 0.2) is 24.3 Å². The predicted molar refractivity (Wildman–Crippen MR) is 114 cm³/mol. The van der Waals surface area contributed by atoms with Crippen LogP contribution >= 0.6 is 12.4 Å². The lowest BCUT2D eigenvalue weighted by Crippen LogP contribution is -2.45. The van der Waals surface area contributed by atoms with E-state index in [-0.39, 0.29) is 36.9 Å². The van der Waals surface area contributed by atoms with Crippen molar-refractivity contribution < 1.29 is 19.1 Å². The van der Waals surface area contributed by atoms with Gasteiger partial charge in [0.15, 0.2) is 0 Å². The number of carbonyl (C=O) groups is 2. The van der Waals surface area contributed by atoms with Crippen LogP contribution in [0.3, 0.4) is 0 Å². The molecule has 1 heterocycles. The van der Waals surface area contributed by atoms with E-state index < -0.39 is 5.92 Å². The average molecular weight is 425 g/mol. The largest absolute Gasteiger partial charge is 0.494 e. The van der Waals surface area contributed by atoms with Crippen molar-refractivity contribution >= 4 is 24.3 Å². The Morgan fingerprint density at radius 2 is 1.93 bits per heavy atom. The molecular formula is C22H33ClN2O4. The molecule has 1 saturated carbocycles. The first kappa shape index (κ1) is 23.5. The highest BCUT2D eigenvalue weighted by Crippen LogP contribution is 2.33. The minimum absolute atomic E-state index is 0. The number of halogens is 1. The smallest absolute Gasteiger partial charge is 0.310 e. The van der Waals surface area contributed by atoms with E-state index >= 15 is 0 Å². The molecule has 2 fully saturated rings. The molecule has 3 rings (SSSR count). The lowest BCUT2D eigenvalue weighted by molar-refractivity contribution is -0.145. The first-order valence-electron chi connectivity index (χ1n) is 10.4. The molecule has 4 unspecified atom stereocenters. The fourth-order valence-corrected chi connectivity index (χ4v) is 4.45. The summed E-state index contributed by atoms with van der Waals surface area (Å²) in [7, 11) is 1.39. The third-order valence-electron chi connectivity index (χ3n) is 5.95. The first-order chi connectivity index (χ1) is 13.6. The van der Waals surface area contributed by atoms with E-state index in [1.165, 1.54) is 26.4 Å². The van der Waals surface area contributed by atoms with Gasteiger partial charge < -0.3 is 20.1 Å². The van der Waals surface area contributed by atoms with E-state index in [9.17, 15) is 9.59 Å². The van der Waals surface area contributed by atoms with Crippen LogP contribution in [0, 0.1) is 11.8 Å². The van der Waals surface area contributed by atoms with Gasteiger partial charge >= 0.3 is 5.97 Å². The number of benzene rings is 1. The summed E-state index contributed by atoms with van der Waals surface area (Å²) in [4.78, 5) is 24.8. The number of nitrogens with one attached hydrogen (secondary N) is 2. The maximum atomic E-state index is 12.6. The molecule has 0 aromatic heterocycles. The quantitative estimate of drug-likeness (QED) is 0.627. The average Bonchev–Trinajstić information content (AvgIpc) is 3.16. The van der Waals surface area contributed by atoms with Gasteiger partial charge in [-0.1, -0.05) is 25.0 Å². The van der Waals surface area contributed by atoms with Crippen LogP contribution in [0.2, 0.25) is 0 Å². The van der Waals surface area contributed by atoms with Crippen molar-refractivity contribution in [2.75, 3.05) is 20.3 Å². The highest BCUT2D eigenvalue weighted by molar-refractivity contribution is 5.85. The monoisotopic (exact) mass is 424 g/mol. The van der Waals surface area contributed by atoms with Crippen LogP contribution in [-0.2, 0) is 20.7 Å². The molecule has 1 aliphatic carbocycles. The molecule has 2 aliphatic rings. The molecule has 1 saturated heterocycles. The maximum absolute atomic E-state index is 12.6. The van der Waals surface area contributed by atoms with Gasteiger partial charge in [0.25, 0.3) is 0 Å². The Bertz CT molecular complexity index is 653. The second kappa shape index (κ2) is 11.4. The molecule has 162 valence electrons. The van der Waals surface area contributed by atoms with Crippen LogP contribution in [0.1, 0.15) is 44.6 Å². The van der Waals surface area contributed by atoms with Crippen molar-refractivity contribution in [2.45, 2.75) is 57.5 Å². The maximum Gasteiger partial charge on any atom is 0.310 e. The minimum atomic E-state index is -0.407. The van der Waals surface area contributed by atoms with Crippen molar-refractivity contribution in [3.63, 3.8) is 0 Å². The number of hydrogen-bond acceptors (Lipinski definition) is 5. The molecule has 1 aromatic carbocycles. The van der Waals surface area contributed by atoms with E-state index in [1.54, 1.807) is 0 Å². The summed E-state index contributed by atoms with van der Waals surface area (Å²) in [5.41, 5.74) is 1.01. The van der Waals surface area contributed by atoms with Gasteiger partial charge in [0.1, 0.15) is 5.75 Å². The van der Waals surface area contributed by atoms with Crippen molar-refractivity contribution in [1.29, 1.82) is 0 Å².